The van der Waals surface area contributed by atoms with Gasteiger partial charge in [-0.25, -0.2) is 0 Å². The molecule has 0 amide bonds. The van der Waals surface area contributed by atoms with Gasteiger partial charge in [-0.2, -0.15) is 0 Å². The van der Waals surface area contributed by atoms with Crippen LogP contribution in [0, 0.1) is 11.3 Å². The van der Waals surface area contributed by atoms with Crippen LogP contribution in [0.25, 0.3) is 0 Å². The molecule has 0 aromatic heterocycles. The zero-order valence-corrected chi connectivity index (χ0v) is 14.6. The molecule has 0 radical (unpaired) electrons. The molecule has 2 aliphatic carbocycles. The second-order valence-corrected chi connectivity index (χ2v) is 8.87. The molecule has 1 spiro atoms. The lowest BCUT2D eigenvalue weighted by Gasteiger charge is -2.60. The van der Waals surface area contributed by atoms with E-state index in [2.05, 4.69) is 19.9 Å². The molecule has 126 valence electrons. The van der Waals surface area contributed by atoms with Crippen LogP contribution in [0.5, 0.6) is 11.5 Å². The van der Waals surface area contributed by atoms with E-state index >= 15 is 0 Å². The van der Waals surface area contributed by atoms with Crippen molar-refractivity contribution in [1.82, 2.24) is 0 Å². The van der Waals surface area contributed by atoms with Gasteiger partial charge in [0, 0.05) is 16.5 Å². The van der Waals surface area contributed by atoms with Gasteiger partial charge in [0.15, 0.2) is 11.5 Å². The summed E-state index contributed by atoms with van der Waals surface area (Å²) in [6.45, 7) is 9.50. The van der Waals surface area contributed by atoms with Crippen molar-refractivity contribution in [3.05, 3.63) is 22.8 Å². The van der Waals surface area contributed by atoms with Gasteiger partial charge in [-0.15, -0.1) is 0 Å². The van der Waals surface area contributed by atoms with Gasteiger partial charge in [0.2, 0.25) is 0 Å². The van der Waals surface area contributed by atoms with Crippen molar-refractivity contribution in [3.63, 3.8) is 0 Å². The van der Waals surface area contributed by atoms with Gasteiger partial charge in [0.05, 0.1) is 12.7 Å². The summed E-state index contributed by atoms with van der Waals surface area (Å²) in [7, 11) is 0. The SMILES string of the molecule is CC(C)c1cc2c(c(O)c1O)[C@@]13CCCC(C)(C)[C@H]1C[C@H]2OC3. The highest BCUT2D eigenvalue weighted by atomic mass is 16.5. The smallest absolute Gasteiger partial charge is 0.162 e. The van der Waals surface area contributed by atoms with E-state index in [1.54, 1.807) is 0 Å². The summed E-state index contributed by atoms with van der Waals surface area (Å²) >= 11 is 0. The maximum absolute atomic E-state index is 10.9. The second kappa shape index (κ2) is 4.66. The molecule has 2 N–H and O–H groups in total. The van der Waals surface area contributed by atoms with Crippen molar-refractivity contribution in [2.45, 2.75) is 70.8 Å². The van der Waals surface area contributed by atoms with Crippen LogP contribution in [0.3, 0.4) is 0 Å². The lowest BCUT2D eigenvalue weighted by atomic mass is 9.48. The van der Waals surface area contributed by atoms with Crippen LogP contribution < -0.4 is 0 Å². The molecule has 1 saturated carbocycles. The summed E-state index contributed by atoms with van der Waals surface area (Å²) in [5.41, 5.74) is 3.10. The van der Waals surface area contributed by atoms with Crippen LogP contribution >= 0.6 is 0 Å². The van der Waals surface area contributed by atoms with Gasteiger partial charge in [-0.1, -0.05) is 34.1 Å². The fraction of sp³-hybridized carbons (Fsp3) is 0.700. The van der Waals surface area contributed by atoms with Crippen molar-refractivity contribution in [2.24, 2.45) is 11.3 Å². The summed E-state index contributed by atoms with van der Waals surface area (Å²) < 4.78 is 6.19. The van der Waals surface area contributed by atoms with Gasteiger partial charge >= 0.3 is 0 Å². The number of ether oxygens (including phenoxy) is 1. The van der Waals surface area contributed by atoms with Crippen molar-refractivity contribution < 1.29 is 14.9 Å². The normalized spacial score (nSPS) is 34.3. The minimum atomic E-state index is -0.122. The minimum Gasteiger partial charge on any atom is -0.504 e. The Morgan fingerprint density at radius 1 is 1.17 bits per heavy atom. The number of benzene rings is 1. The molecule has 0 unspecified atom stereocenters. The number of rotatable bonds is 1. The first-order valence-corrected chi connectivity index (χ1v) is 8.99. The summed E-state index contributed by atoms with van der Waals surface area (Å²) in [6, 6.07) is 2.10. The van der Waals surface area contributed by atoms with Gasteiger partial charge in [0.25, 0.3) is 0 Å². The standard InChI is InChI=1S/C20H28O3/c1-11(2)12-8-13-14-9-15-19(3,4)6-5-7-20(15,10-23-14)16(13)18(22)17(12)21/h8,11,14-15,21-22H,5-7,9-10H2,1-4H3/t14-,15-,20-/m1/s1. The predicted octanol–water partition coefficient (Wildman–Crippen LogP) is 4.76. The lowest BCUT2D eigenvalue weighted by molar-refractivity contribution is -0.137. The molecule has 5 rings (SSSR count). The Morgan fingerprint density at radius 2 is 1.91 bits per heavy atom. The molecule has 1 aromatic carbocycles. The fourth-order valence-corrected chi connectivity index (χ4v) is 5.71. The third-order valence-corrected chi connectivity index (χ3v) is 6.85. The zero-order chi connectivity index (χ0) is 16.6. The molecular weight excluding hydrogens is 288 g/mol. The van der Waals surface area contributed by atoms with Crippen LogP contribution in [-0.2, 0) is 10.2 Å². The van der Waals surface area contributed by atoms with Crippen LogP contribution in [0.1, 0.15) is 82.1 Å². The number of phenolic OH excluding ortho intramolecular Hbond substituents is 2. The molecule has 23 heavy (non-hydrogen) atoms. The number of hydrogen-bond donors (Lipinski definition) is 2. The number of aromatic hydroxyl groups is 2. The van der Waals surface area contributed by atoms with Crippen LogP contribution in [0.2, 0.25) is 0 Å². The van der Waals surface area contributed by atoms with E-state index in [0.29, 0.717) is 12.5 Å². The lowest BCUT2D eigenvalue weighted by Crippen LogP contribution is -2.56. The highest BCUT2D eigenvalue weighted by Gasteiger charge is 2.59. The maximum atomic E-state index is 10.9. The molecule has 2 bridgehead atoms. The summed E-state index contributed by atoms with van der Waals surface area (Å²) in [5, 5.41) is 21.5. The first-order valence-electron chi connectivity index (χ1n) is 8.99. The first kappa shape index (κ1) is 15.3. The minimum absolute atomic E-state index is 0.0678. The number of fused-ring (bicyclic) bond motifs is 1. The molecule has 4 aliphatic rings. The molecule has 3 atom stereocenters. The van der Waals surface area contributed by atoms with Gasteiger partial charge in [-0.3, -0.25) is 0 Å². The predicted molar refractivity (Wildman–Crippen MR) is 90.0 cm³/mol. The summed E-state index contributed by atoms with van der Waals surface area (Å²) in [5.74, 6) is 0.914. The van der Waals surface area contributed by atoms with E-state index in [0.717, 1.165) is 36.0 Å². The quantitative estimate of drug-likeness (QED) is 0.734. The van der Waals surface area contributed by atoms with E-state index in [4.69, 9.17) is 4.74 Å². The maximum Gasteiger partial charge on any atom is 0.162 e. The van der Waals surface area contributed by atoms with Crippen LogP contribution in [0.4, 0.5) is 0 Å². The largest absolute Gasteiger partial charge is 0.504 e. The molecule has 2 heterocycles. The van der Waals surface area contributed by atoms with E-state index < -0.39 is 0 Å². The number of phenols is 2. The van der Waals surface area contributed by atoms with E-state index in [-0.39, 0.29) is 34.4 Å². The summed E-state index contributed by atoms with van der Waals surface area (Å²) in [4.78, 5) is 0. The average molecular weight is 316 g/mol. The highest BCUT2D eigenvalue weighted by Crippen LogP contribution is 2.65. The van der Waals surface area contributed by atoms with Gasteiger partial charge in [-0.05, 0) is 48.1 Å². The Hall–Kier alpha value is -1.22. The number of hydrogen-bond acceptors (Lipinski definition) is 3. The Bertz CT molecular complexity index is 661. The Morgan fingerprint density at radius 3 is 2.61 bits per heavy atom. The molecular formula is C20H28O3. The third-order valence-electron chi connectivity index (χ3n) is 6.85. The van der Waals surface area contributed by atoms with E-state index in [9.17, 15) is 10.2 Å². The van der Waals surface area contributed by atoms with E-state index in [1.165, 1.54) is 6.42 Å². The topological polar surface area (TPSA) is 49.7 Å². The molecule has 1 aromatic rings. The fourth-order valence-electron chi connectivity index (χ4n) is 5.71. The average Bonchev–Trinajstić information content (AvgIpc) is 2.49. The van der Waals surface area contributed by atoms with Crippen molar-refractivity contribution >= 4 is 0 Å². The van der Waals surface area contributed by atoms with Crippen LogP contribution in [0.15, 0.2) is 6.07 Å². The van der Waals surface area contributed by atoms with Crippen molar-refractivity contribution in [3.8, 4) is 11.5 Å². The molecule has 1 saturated heterocycles. The van der Waals surface area contributed by atoms with Gasteiger partial charge in [0.1, 0.15) is 0 Å². The van der Waals surface area contributed by atoms with Crippen LogP contribution in [-0.4, -0.2) is 16.8 Å². The van der Waals surface area contributed by atoms with E-state index in [1.807, 2.05) is 13.8 Å². The molecule has 3 heteroatoms. The zero-order valence-electron chi connectivity index (χ0n) is 14.6. The Kier molecular flexibility index (Phi) is 3.10. The first-order chi connectivity index (χ1) is 10.8. The van der Waals surface area contributed by atoms with Gasteiger partial charge < -0.3 is 14.9 Å². The summed E-state index contributed by atoms with van der Waals surface area (Å²) in [6.07, 6.45) is 4.55. The Labute approximate surface area is 138 Å². The van der Waals surface area contributed by atoms with Crippen molar-refractivity contribution in [1.29, 1.82) is 0 Å². The monoisotopic (exact) mass is 316 g/mol. The third kappa shape index (κ3) is 1.86. The molecule has 2 fully saturated rings. The Balaban J connectivity index is 1.97. The van der Waals surface area contributed by atoms with Crippen molar-refractivity contribution in [2.75, 3.05) is 6.61 Å². The molecule has 2 aliphatic heterocycles. The highest BCUT2D eigenvalue weighted by molar-refractivity contribution is 5.61. The molecule has 3 nitrogen and oxygen atoms in total. The second-order valence-electron chi connectivity index (χ2n) is 8.87.